The van der Waals surface area contributed by atoms with Gasteiger partial charge < -0.3 is 0 Å². The number of allylic oxidation sites excluding steroid dienone is 8. The van der Waals surface area contributed by atoms with E-state index in [0.717, 1.165) is 28.2 Å². The van der Waals surface area contributed by atoms with Gasteiger partial charge in [0.2, 0.25) is 5.69 Å². The Balaban J connectivity index is 1.22. The van der Waals surface area contributed by atoms with Crippen molar-refractivity contribution < 1.29 is 9.13 Å². The fourth-order valence-corrected chi connectivity index (χ4v) is 6.06. The molecule has 5 aromatic rings. The summed E-state index contributed by atoms with van der Waals surface area (Å²) in [7, 11) is 0. The fraction of sp³-hybridized carbons (Fsp3) is 0.213. The summed E-state index contributed by atoms with van der Waals surface area (Å²) in [5, 5.41) is 0. The van der Waals surface area contributed by atoms with E-state index in [-0.39, 0.29) is 0 Å². The first-order valence-corrected chi connectivity index (χ1v) is 18.2. The Labute approximate surface area is 310 Å². The Bertz CT molecular complexity index is 2090. The second kappa shape index (κ2) is 19.0. The van der Waals surface area contributed by atoms with Crippen LogP contribution in [0.15, 0.2) is 173 Å². The highest BCUT2D eigenvalue weighted by atomic mass is 15.0. The predicted molar refractivity (Wildman–Crippen MR) is 218 cm³/mol. The molecule has 5 heteroatoms. The van der Waals surface area contributed by atoms with Crippen LogP contribution >= 0.6 is 0 Å². The minimum atomic E-state index is 0.413. The second-order valence-corrected chi connectivity index (χ2v) is 13.3. The van der Waals surface area contributed by atoms with Gasteiger partial charge >= 0.3 is 0 Å². The van der Waals surface area contributed by atoms with Crippen molar-refractivity contribution in [1.82, 2.24) is 4.98 Å². The Hall–Kier alpha value is -5.81. The highest BCUT2D eigenvalue weighted by Crippen LogP contribution is 2.26. The molecule has 0 unspecified atom stereocenters. The van der Waals surface area contributed by atoms with Crippen molar-refractivity contribution in [3.63, 3.8) is 0 Å². The lowest BCUT2D eigenvalue weighted by Crippen LogP contribution is -2.33. The summed E-state index contributed by atoms with van der Waals surface area (Å²) in [6.07, 6.45) is 24.7. The van der Waals surface area contributed by atoms with Gasteiger partial charge in [-0.15, -0.1) is 0 Å². The number of benzene rings is 2. The zero-order valence-electron chi connectivity index (χ0n) is 31.4. The molecule has 52 heavy (non-hydrogen) atoms. The van der Waals surface area contributed by atoms with Crippen molar-refractivity contribution in [2.24, 2.45) is 9.98 Å². The molecule has 0 saturated carbocycles. The van der Waals surface area contributed by atoms with Crippen LogP contribution in [0.25, 0.3) is 16.8 Å². The molecule has 0 amide bonds. The van der Waals surface area contributed by atoms with Crippen molar-refractivity contribution in [2.45, 2.75) is 66.5 Å². The van der Waals surface area contributed by atoms with Crippen LogP contribution < -0.4 is 9.13 Å². The lowest BCUT2D eigenvalue weighted by Gasteiger charge is -2.08. The fourth-order valence-electron chi connectivity index (χ4n) is 6.06. The van der Waals surface area contributed by atoms with Gasteiger partial charge in [-0.05, 0) is 83.9 Å². The number of para-hydroxylation sites is 2. The third-order valence-electron chi connectivity index (χ3n) is 8.76. The summed E-state index contributed by atoms with van der Waals surface area (Å²) in [6, 6.07) is 31.8. The van der Waals surface area contributed by atoms with Crippen LogP contribution in [0, 0.1) is 0 Å². The van der Waals surface area contributed by atoms with Gasteiger partial charge in [-0.3, -0.25) is 9.98 Å². The molecule has 0 N–H and O–H groups in total. The summed E-state index contributed by atoms with van der Waals surface area (Å²) in [5.74, 6) is 0.875. The van der Waals surface area contributed by atoms with Crippen LogP contribution in [0.2, 0.25) is 0 Å². The standard InChI is InChI=1S/C47H51N5/c1-7-14-38(39(15-8-2)23-29-49-46-20-11-9-18-44(46)36(3)4)22-28-48-34-42-16-13-17-43(50-42)35-51-30-24-40(25-31-51)41-26-32-52(33-27-41)47-21-12-10-19-45(47)37(5)6/h7-33,36-37H,34-35H2,1-6H3/q+2/b14-7-,15-8-,38-22+,39-23-,48-28?,49-29?. The Morgan fingerprint density at radius 2 is 1.21 bits per heavy atom. The Morgan fingerprint density at radius 1 is 0.635 bits per heavy atom. The van der Waals surface area contributed by atoms with E-state index in [0.29, 0.717) is 24.9 Å². The molecule has 0 atom stereocenters. The minimum absolute atomic E-state index is 0.413. The third kappa shape index (κ3) is 10.4. The number of aliphatic imine (C=N–C) groups is 2. The first-order chi connectivity index (χ1) is 25.4. The average Bonchev–Trinajstić information content (AvgIpc) is 3.16. The normalized spacial score (nSPS) is 12.8. The van der Waals surface area contributed by atoms with Crippen LogP contribution in [0.4, 0.5) is 5.69 Å². The smallest absolute Gasteiger partial charge is 0.214 e. The summed E-state index contributed by atoms with van der Waals surface area (Å²) in [5.41, 5.74) is 11.2. The largest absolute Gasteiger partial charge is 0.287 e. The SMILES string of the molecule is C\C=C/C(=C/C=Nc1ccccc1C(C)C)C(/C=C\C)=C/C=NCc1cccc(C[n+]2ccc(-c3cc[n+](-c4ccccc4C(C)C)cc3)cc2)n1. The van der Waals surface area contributed by atoms with Crippen molar-refractivity contribution >= 4 is 18.1 Å². The van der Waals surface area contributed by atoms with Crippen LogP contribution in [-0.2, 0) is 13.1 Å². The molecule has 0 aliphatic rings. The number of nitrogens with zero attached hydrogens (tertiary/aromatic N) is 5. The number of hydrogen-bond acceptors (Lipinski definition) is 3. The average molecular weight is 686 g/mol. The quantitative estimate of drug-likeness (QED) is 0.0652. The molecule has 0 saturated heterocycles. The van der Waals surface area contributed by atoms with Gasteiger partial charge in [-0.1, -0.05) is 94.5 Å². The van der Waals surface area contributed by atoms with E-state index in [1.54, 1.807) is 0 Å². The first-order valence-electron chi connectivity index (χ1n) is 18.2. The summed E-state index contributed by atoms with van der Waals surface area (Å²) in [4.78, 5) is 14.4. The van der Waals surface area contributed by atoms with Crippen LogP contribution in [0.1, 0.15) is 75.9 Å². The lowest BCUT2D eigenvalue weighted by molar-refractivity contribution is -0.688. The lowest BCUT2D eigenvalue weighted by atomic mass is 10.0. The molecule has 5 rings (SSSR count). The Kier molecular flexibility index (Phi) is 13.7. The predicted octanol–water partition coefficient (Wildman–Crippen LogP) is 10.6. The molecule has 5 nitrogen and oxygen atoms in total. The zero-order chi connectivity index (χ0) is 36.7. The van der Waals surface area contributed by atoms with Gasteiger partial charge in [-0.2, -0.15) is 9.13 Å². The number of pyridine rings is 3. The van der Waals surface area contributed by atoms with E-state index < -0.39 is 0 Å². The number of rotatable bonds is 14. The van der Waals surface area contributed by atoms with E-state index >= 15 is 0 Å². The summed E-state index contributed by atoms with van der Waals surface area (Å²) in [6.45, 7) is 14.1. The van der Waals surface area contributed by atoms with E-state index in [1.165, 1.54) is 27.9 Å². The van der Waals surface area contributed by atoms with Crippen molar-refractivity contribution in [3.8, 4) is 16.8 Å². The van der Waals surface area contributed by atoms with Crippen molar-refractivity contribution in [3.05, 3.63) is 186 Å². The van der Waals surface area contributed by atoms with Gasteiger partial charge in [0.05, 0.1) is 17.9 Å². The topological polar surface area (TPSA) is 45.4 Å². The van der Waals surface area contributed by atoms with Gasteiger partial charge in [0.25, 0.3) is 0 Å². The molecule has 0 radical (unpaired) electrons. The molecular weight excluding hydrogens is 635 g/mol. The number of hydrogen-bond donors (Lipinski definition) is 0. The van der Waals surface area contributed by atoms with Gasteiger partial charge in [0.15, 0.2) is 31.3 Å². The van der Waals surface area contributed by atoms with Gasteiger partial charge in [-0.25, -0.2) is 4.98 Å². The van der Waals surface area contributed by atoms with Gasteiger partial charge in [0.1, 0.15) is 5.69 Å². The van der Waals surface area contributed by atoms with Crippen molar-refractivity contribution in [2.75, 3.05) is 0 Å². The molecule has 0 spiro atoms. The maximum Gasteiger partial charge on any atom is 0.214 e. The van der Waals surface area contributed by atoms with Gasteiger partial charge in [0, 0.05) is 48.3 Å². The van der Waals surface area contributed by atoms with Crippen LogP contribution in [-0.4, -0.2) is 17.4 Å². The maximum atomic E-state index is 4.90. The third-order valence-corrected chi connectivity index (χ3v) is 8.76. The van der Waals surface area contributed by atoms with Crippen LogP contribution in [0.3, 0.4) is 0 Å². The molecule has 0 fully saturated rings. The molecular formula is C47H51N5+2. The van der Waals surface area contributed by atoms with Crippen LogP contribution in [0.5, 0.6) is 0 Å². The molecule has 0 aliphatic heterocycles. The highest BCUT2D eigenvalue weighted by molar-refractivity contribution is 5.81. The molecule has 262 valence electrons. The van der Waals surface area contributed by atoms with E-state index in [4.69, 9.17) is 15.0 Å². The zero-order valence-corrected chi connectivity index (χ0v) is 31.4. The monoisotopic (exact) mass is 685 g/mol. The van der Waals surface area contributed by atoms with E-state index in [9.17, 15) is 0 Å². The minimum Gasteiger partial charge on any atom is -0.287 e. The second-order valence-electron chi connectivity index (χ2n) is 13.3. The Morgan fingerprint density at radius 3 is 1.87 bits per heavy atom. The number of aromatic nitrogens is 3. The molecule has 2 aromatic carbocycles. The first kappa shape index (κ1) is 37.4. The molecule has 0 aliphatic carbocycles. The summed E-state index contributed by atoms with van der Waals surface area (Å²) < 4.78 is 4.36. The summed E-state index contributed by atoms with van der Waals surface area (Å²) >= 11 is 0. The molecule has 0 bridgehead atoms. The highest BCUT2D eigenvalue weighted by Gasteiger charge is 2.15. The molecule has 3 heterocycles. The van der Waals surface area contributed by atoms with E-state index in [2.05, 4.69) is 159 Å². The maximum absolute atomic E-state index is 4.90. The van der Waals surface area contributed by atoms with E-state index in [1.807, 2.05) is 56.6 Å². The molecule has 3 aromatic heterocycles. The van der Waals surface area contributed by atoms with Crippen molar-refractivity contribution in [1.29, 1.82) is 0 Å².